The number of nitrogens with one attached hydrogen (secondary N) is 1. The van der Waals surface area contributed by atoms with Gasteiger partial charge in [-0.25, -0.2) is 13.1 Å². The number of rotatable bonds is 6. The van der Waals surface area contributed by atoms with Crippen LogP contribution < -0.4 is 4.72 Å². The van der Waals surface area contributed by atoms with E-state index >= 15 is 0 Å². The SMILES string of the molecule is Cc1ccc(Cl)c(S(=O)(=O)NCC(C)(C)C[C@@H](C)O)c1. The lowest BCUT2D eigenvalue weighted by Gasteiger charge is -2.26. The van der Waals surface area contributed by atoms with E-state index in [1.807, 2.05) is 20.8 Å². The van der Waals surface area contributed by atoms with Crippen molar-refractivity contribution in [1.82, 2.24) is 4.72 Å². The minimum absolute atomic E-state index is 0.0898. The number of benzene rings is 1. The number of halogens is 1. The van der Waals surface area contributed by atoms with Gasteiger partial charge in [0.2, 0.25) is 10.0 Å². The minimum atomic E-state index is -3.65. The Morgan fingerprint density at radius 3 is 2.55 bits per heavy atom. The lowest BCUT2D eigenvalue weighted by molar-refractivity contribution is 0.131. The number of hydrogen-bond donors (Lipinski definition) is 2. The molecule has 1 aromatic carbocycles. The second-order valence-corrected chi connectivity index (χ2v) is 8.12. The maximum atomic E-state index is 12.3. The summed E-state index contributed by atoms with van der Waals surface area (Å²) in [6.45, 7) is 7.55. The number of sulfonamides is 1. The highest BCUT2D eigenvalue weighted by atomic mass is 35.5. The third-order valence-electron chi connectivity index (χ3n) is 2.96. The van der Waals surface area contributed by atoms with Crippen molar-refractivity contribution in [2.45, 2.75) is 45.1 Å². The van der Waals surface area contributed by atoms with Crippen LogP contribution in [0.25, 0.3) is 0 Å². The van der Waals surface area contributed by atoms with Crippen LogP contribution >= 0.6 is 11.6 Å². The molecule has 0 spiro atoms. The van der Waals surface area contributed by atoms with E-state index in [0.29, 0.717) is 6.42 Å². The van der Waals surface area contributed by atoms with Crippen LogP contribution in [0.15, 0.2) is 23.1 Å². The average Bonchev–Trinajstić information content (AvgIpc) is 2.28. The summed E-state index contributed by atoms with van der Waals surface area (Å²) < 4.78 is 27.1. The quantitative estimate of drug-likeness (QED) is 0.847. The Hall–Kier alpha value is -0.620. The molecule has 114 valence electrons. The molecule has 0 saturated carbocycles. The van der Waals surface area contributed by atoms with E-state index in [9.17, 15) is 13.5 Å². The Morgan fingerprint density at radius 2 is 2.00 bits per heavy atom. The molecule has 0 bridgehead atoms. The fourth-order valence-electron chi connectivity index (χ4n) is 2.06. The van der Waals surface area contributed by atoms with Crippen LogP contribution in [0.2, 0.25) is 5.02 Å². The van der Waals surface area contributed by atoms with Crippen LogP contribution in [0.3, 0.4) is 0 Å². The monoisotopic (exact) mass is 319 g/mol. The van der Waals surface area contributed by atoms with Crippen molar-refractivity contribution < 1.29 is 13.5 Å². The van der Waals surface area contributed by atoms with E-state index in [4.69, 9.17) is 11.6 Å². The van der Waals surface area contributed by atoms with Crippen LogP contribution in [0.5, 0.6) is 0 Å². The molecule has 20 heavy (non-hydrogen) atoms. The number of aryl methyl sites for hydroxylation is 1. The molecule has 0 amide bonds. The molecule has 0 aliphatic carbocycles. The van der Waals surface area contributed by atoms with Crippen molar-refractivity contribution >= 4 is 21.6 Å². The van der Waals surface area contributed by atoms with Crippen LogP contribution in [0.4, 0.5) is 0 Å². The molecule has 1 atom stereocenters. The van der Waals surface area contributed by atoms with Gasteiger partial charge >= 0.3 is 0 Å². The molecule has 0 aliphatic heterocycles. The van der Waals surface area contributed by atoms with Gasteiger partial charge in [-0.3, -0.25) is 0 Å². The van der Waals surface area contributed by atoms with Crippen molar-refractivity contribution in [1.29, 1.82) is 0 Å². The van der Waals surface area contributed by atoms with Gasteiger partial charge in [0.25, 0.3) is 0 Å². The van der Waals surface area contributed by atoms with E-state index in [0.717, 1.165) is 5.56 Å². The molecule has 4 nitrogen and oxygen atoms in total. The molecule has 1 rings (SSSR count). The molecule has 2 N–H and O–H groups in total. The molecule has 0 unspecified atom stereocenters. The summed E-state index contributed by atoms with van der Waals surface area (Å²) in [5.74, 6) is 0. The van der Waals surface area contributed by atoms with Crippen LogP contribution in [0, 0.1) is 12.3 Å². The molecule has 6 heteroatoms. The molecule has 0 fully saturated rings. The minimum Gasteiger partial charge on any atom is -0.393 e. The number of aliphatic hydroxyl groups is 1. The van der Waals surface area contributed by atoms with E-state index in [-0.39, 0.29) is 21.9 Å². The third-order valence-corrected chi connectivity index (χ3v) is 4.85. The zero-order valence-corrected chi connectivity index (χ0v) is 13.8. The second-order valence-electron chi connectivity index (χ2n) is 5.98. The number of aliphatic hydroxyl groups excluding tert-OH is 1. The summed E-state index contributed by atoms with van der Waals surface area (Å²) in [6, 6.07) is 4.89. The van der Waals surface area contributed by atoms with Crippen molar-refractivity contribution in [3.63, 3.8) is 0 Å². The molecule has 0 aromatic heterocycles. The molecule has 0 heterocycles. The molecule has 1 aromatic rings. The summed E-state index contributed by atoms with van der Waals surface area (Å²) in [6.07, 6.45) is 0.0360. The highest BCUT2D eigenvalue weighted by Gasteiger charge is 2.25. The number of hydrogen-bond acceptors (Lipinski definition) is 3. The largest absolute Gasteiger partial charge is 0.393 e. The summed E-state index contributed by atoms with van der Waals surface area (Å²) >= 11 is 5.96. The maximum absolute atomic E-state index is 12.3. The third kappa shape index (κ3) is 5.05. The van der Waals surface area contributed by atoms with Crippen LogP contribution in [-0.4, -0.2) is 26.2 Å². The standard InChI is InChI=1S/C14H22ClNO3S/c1-10-5-6-12(15)13(7-10)20(18,19)16-9-14(3,4)8-11(2)17/h5-7,11,16-17H,8-9H2,1-4H3/t11-/m1/s1. The predicted molar refractivity (Wildman–Crippen MR) is 81.5 cm³/mol. The van der Waals surface area contributed by atoms with E-state index in [1.165, 1.54) is 0 Å². The smallest absolute Gasteiger partial charge is 0.242 e. The topological polar surface area (TPSA) is 66.4 Å². The Bertz CT molecular complexity index is 568. The molecular weight excluding hydrogens is 298 g/mol. The van der Waals surface area contributed by atoms with E-state index < -0.39 is 16.1 Å². The highest BCUT2D eigenvalue weighted by molar-refractivity contribution is 7.89. The van der Waals surface area contributed by atoms with Crippen LogP contribution in [-0.2, 0) is 10.0 Å². The molecule has 0 aliphatic rings. The first-order chi connectivity index (χ1) is 9.03. The lowest BCUT2D eigenvalue weighted by atomic mass is 9.87. The fourth-order valence-corrected chi connectivity index (χ4v) is 3.88. The molecule has 0 radical (unpaired) electrons. The van der Waals surface area contributed by atoms with Crippen LogP contribution in [0.1, 0.15) is 32.8 Å². The molecular formula is C14H22ClNO3S. The summed E-state index contributed by atoms with van der Waals surface area (Å²) in [5.41, 5.74) is 0.496. The van der Waals surface area contributed by atoms with Crippen molar-refractivity contribution in [2.75, 3.05) is 6.54 Å². The van der Waals surface area contributed by atoms with Gasteiger partial charge in [-0.1, -0.05) is 31.5 Å². The van der Waals surface area contributed by atoms with Crippen molar-refractivity contribution in [3.05, 3.63) is 28.8 Å². The summed E-state index contributed by atoms with van der Waals surface area (Å²) in [7, 11) is -3.65. The summed E-state index contributed by atoms with van der Waals surface area (Å²) in [5, 5.41) is 9.62. The van der Waals surface area contributed by atoms with Gasteiger partial charge in [0.05, 0.1) is 11.1 Å². The van der Waals surface area contributed by atoms with Gasteiger partial charge in [-0.2, -0.15) is 0 Å². The lowest BCUT2D eigenvalue weighted by Crippen LogP contribution is -2.35. The van der Waals surface area contributed by atoms with Gasteiger partial charge in [0.15, 0.2) is 0 Å². The Labute approximate surface area is 126 Å². The maximum Gasteiger partial charge on any atom is 0.242 e. The zero-order chi connectivity index (χ0) is 15.6. The molecule has 0 saturated heterocycles. The van der Waals surface area contributed by atoms with Gasteiger partial charge in [0.1, 0.15) is 4.90 Å². The first-order valence-corrected chi connectivity index (χ1v) is 8.33. The van der Waals surface area contributed by atoms with Gasteiger partial charge in [-0.05, 0) is 43.4 Å². The zero-order valence-electron chi connectivity index (χ0n) is 12.3. The first-order valence-electron chi connectivity index (χ1n) is 6.47. The second kappa shape index (κ2) is 6.43. The highest BCUT2D eigenvalue weighted by Crippen LogP contribution is 2.25. The summed E-state index contributed by atoms with van der Waals surface area (Å²) in [4.78, 5) is 0.0898. The normalized spacial score (nSPS) is 14.3. The Kier molecular flexibility index (Phi) is 5.61. The van der Waals surface area contributed by atoms with Crippen molar-refractivity contribution in [2.24, 2.45) is 5.41 Å². The van der Waals surface area contributed by atoms with Gasteiger partial charge in [0, 0.05) is 6.54 Å². The Balaban J connectivity index is 2.88. The van der Waals surface area contributed by atoms with Gasteiger partial charge < -0.3 is 5.11 Å². The average molecular weight is 320 g/mol. The fraction of sp³-hybridized carbons (Fsp3) is 0.571. The first kappa shape index (κ1) is 17.4. The van der Waals surface area contributed by atoms with Crippen molar-refractivity contribution in [3.8, 4) is 0 Å². The van der Waals surface area contributed by atoms with E-state index in [1.54, 1.807) is 25.1 Å². The predicted octanol–water partition coefficient (Wildman–Crippen LogP) is 2.72. The Morgan fingerprint density at radius 1 is 1.40 bits per heavy atom. The van der Waals surface area contributed by atoms with Gasteiger partial charge in [-0.15, -0.1) is 0 Å². The van der Waals surface area contributed by atoms with E-state index in [2.05, 4.69) is 4.72 Å².